The molecule has 0 saturated carbocycles. The van der Waals surface area contributed by atoms with E-state index in [0.29, 0.717) is 6.42 Å². The van der Waals surface area contributed by atoms with Crippen molar-refractivity contribution in [2.75, 3.05) is 0 Å². The third kappa shape index (κ3) is 4.60. The van der Waals surface area contributed by atoms with Gasteiger partial charge in [0.2, 0.25) is 0 Å². The van der Waals surface area contributed by atoms with Crippen LogP contribution in [-0.2, 0) is 11.2 Å². The van der Waals surface area contributed by atoms with Crippen LogP contribution in [0.1, 0.15) is 32.8 Å². The highest BCUT2D eigenvalue weighted by Gasteiger charge is 2.27. The summed E-state index contributed by atoms with van der Waals surface area (Å²) in [6.45, 7) is 5.84. The molecule has 2 N–H and O–H groups in total. The van der Waals surface area contributed by atoms with Crippen LogP contribution in [0.4, 0.5) is 0 Å². The summed E-state index contributed by atoms with van der Waals surface area (Å²) in [6, 6.07) is 8.03. The minimum absolute atomic E-state index is 0.0632. The van der Waals surface area contributed by atoms with E-state index in [1.807, 2.05) is 45.0 Å². The van der Waals surface area contributed by atoms with E-state index in [1.54, 1.807) is 0 Å². The van der Waals surface area contributed by atoms with Crippen molar-refractivity contribution in [2.24, 2.45) is 11.1 Å². The SMILES string of the molecule is CC(N)CC(=O)C(C)(C)Cc1ccc(Br)cc1. The molecular formula is C14H20BrNO. The van der Waals surface area contributed by atoms with Crippen LogP contribution >= 0.6 is 15.9 Å². The zero-order valence-corrected chi connectivity index (χ0v) is 12.3. The Morgan fingerprint density at radius 3 is 2.35 bits per heavy atom. The highest BCUT2D eigenvalue weighted by Crippen LogP contribution is 2.25. The highest BCUT2D eigenvalue weighted by molar-refractivity contribution is 9.10. The van der Waals surface area contributed by atoms with E-state index in [0.717, 1.165) is 10.9 Å². The average molecular weight is 298 g/mol. The van der Waals surface area contributed by atoms with Gasteiger partial charge >= 0.3 is 0 Å². The Morgan fingerprint density at radius 2 is 1.88 bits per heavy atom. The van der Waals surface area contributed by atoms with E-state index in [9.17, 15) is 4.79 Å². The van der Waals surface area contributed by atoms with Crippen molar-refractivity contribution in [1.82, 2.24) is 0 Å². The molecule has 1 aromatic rings. The molecule has 0 aliphatic carbocycles. The fourth-order valence-corrected chi connectivity index (χ4v) is 2.04. The summed E-state index contributed by atoms with van der Waals surface area (Å²) in [7, 11) is 0. The number of nitrogens with two attached hydrogens (primary N) is 1. The van der Waals surface area contributed by atoms with Gasteiger partial charge in [-0.1, -0.05) is 41.9 Å². The summed E-state index contributed by atoms with van der Waals surface area (Å²) in [5, 5.41) is 0. The minimum atomic E-state index is -0.346. The predicted octanol–water partition coefficient (Wildman–Crippen LogP) is 3.32. The van der Waals surface area contributed by atoms with Gasteiger partial charge in [-0.15, -0.1) is 0 Å². The number of carbonyl (C=O) groups is 1. The lowest BCUT2D eigenvalue weighted by molar-refractivity contribution is -0.127. The van der Waals surface area contributed by atoms with E-state index in [2.05, 4.69) is 15.9 Å². The molecule has 0 bridgehead atoms. The summed E-state index contributed by atoms with van der Waals surface area (Å²) >= 11 is 3.40. The molecule has 0 saturated heterocycles. The molecule has 0 heterocycles. The number of carbonyl (C=O) groups excluding carboxylic acids is 1. The molecule has 0 radical (unpaired) electrons. The first-order valence-corrected chi connectivity index (χ1v) is 6.64. The third-order valence-electron chi connectivity index (χ3n) is 2.82. The van der Waals surface area contributed by atoms with Gasteiger partial charge in [0.1, 0.15) is 5.78 Å². The van der Waals surface area contributed by atoms with Gasteiger partial charge in [-0.2, -0.15) is 0 Å². The van der Waals surface area contributed by atoms with Gasteiger partial charge in [0.05, 0.1) is 0 Å². The molecule has 94 valence electrons. The predicted molar refractivity (Wildman–Crippen MR) is 74.9 cm³/mol. The molecule has 2 nitrogen and oxygen atoms in total. The fraction of sp³-hybridized carbons (Fsp3) is 0.500. The van der Waals surface area contributed by atoms with Gasteiger partial charge in [-0.05, 0) is 31.0 Å². The second kappa shape index (κ2) is 5.78. The Hall–Kier alpha value is -0.670. The number of Topliss-reactive ketones (excluding diaryl/α,β-unsaturated/α-hetero) is 1. The standard InChI is InChI=1S/C14H20BrNO/c1-10(16)8-13(17)14(2,3)9-11-4-6-12(15)7-5-11/h4-7,10H,8-9,16H2,1-3H3. The molecule has 0 aliphatic heterocycles. The van der Waals surface area contributed by atoms with Gasteiger partial charge in [0, 0.05) is 22.4 Å². The maximum atomic E-state index is 12.1. The van der Waals surface area contributed by atoms with Crippen LogP contribution in [0.3, 0.4) is 0 Å². The average Bonchev–Trinajstić information content (AvgIpc) is 2.20. The van der Waals surface area contributed by atoms with Crippen molar-refractivity contribution in [3.05, 3.63) is 34.3 Å². The lowest BCUT2D eigenvalue weighted by Crippen LogP contribution is -2.31. The monoisotopic (exact) mass is 297 g/mol. The highest BCUT2D eigenvalue weighted by atomic mass is 79.9. The maximum absolute atomic E-state index is 12.1. The Bertz CT molecular complexity index is 382. The molecule has 1 atom stereocenters. The normalized spacial score (nSPS) is 13.5. The van der Waals surface area contributed by atoms with E-state index >= 15 is 0 Å². The van der Waals surface area contributed by atoms with Crippen LogP contribution in [-0.4, -0.2) is 11.8 Å². The number of benzene rings is 1. The van der Waals surface area contributed by atoms with Crippen molar-refractivity contribution >= 4 is 21.7 Å². The van der Waals surface area contributed by atoms with Crippen molar-refractivity contribution in [3.63, 3.8) is 0 Å². The Balaban J connectivity index is 2.71. The zero-order chi connectivity index (χ0) is 13.1. The smallest absolute Gasteiger partial charge is 0.140 e. The molecule has 0 aromatic heterocycles. The lowest BCUT2D eigenvalue weighted by Gasteiger charge is -2.24. The van der Waals surface area contributed by atoms with Crippen molar-refractivity contribution < 1.29 is 4.79 Å². The van der Waals surface area contributed by atoms with Crippen LogP contribution in [0.5, 0.6) is 0 Å². The molecule has 1 unspecified atom stereocenters. The maximum Gasteiger partial charge on any atom is 0.140 e. The summed E-state index contributed by atoms with van der Waals surface area (Å²) in [5.41, 5.74) is 6.51. The number of hydrogen-bond acceptors (Lipinski definition) is 2. The molecule has 0 fully saturated rings. The number of rotatable bonds is 5. The molecule has 3 heteroatoms. The largest absolute Gasteiger partial charge is 0.328 e. The molecule has 17 heavy (non-hydrogen) atoms. The zero-order valence-electron chi connectivity index (χ0n) is 10.7. The Kier molecular flexibility index (Phi) is 4.90. The molecular weight excluding hydrogens is 278 g/mol. The second-order valence-electron chi connectivity index (χ2n) is 5.29. The van der Waals surface area contributed by atoms with Gasteiger partial charge in [0.15, 0.2) is 0 Å². The summed E-state index contributed by atoms with van der Waals surface area (Å²) < 4.78 is 1.06. The minimum Gasteiger partial charge on any atom is -0.328 e. The summed E-state index contributed by atoms with van der Waals surface area (Å²) in [6.07, 6.45) is 1.20. The van der Waals surface area contributed by atoms with Crippen molar-refractivity contribution in [1.29, 1.82) is 0 Å². The topological polar surface area (TPSA) is 43.1 Å². The number of halogens is 1. The quantitative estimate of drug-likeness (QED) is 0.906. The van der Waals surface area contributed by atoms with Crippen LogP contribution in [0.25, 0.3) is 0 Å². The van der Waals surface area contributed by atoms with Crippen LogP contribution in [0.15, 0.2) is 28.7 Å². The first-order chi connectivity index (χ1) is 7.81. The van der Waals surface area contributed by atoms with Crippen molar-refractivity contribution in [3.8, 4) is 0 Å². The first-order valence-electron chi connectivity index (χ1n) is 5.84. The molecule has 0 amide bonds. The molecule has 1 aromatic carbocycles. The van der Waals surface area contributed by atoms with Gasteiger partial charge in [0.25, 0.3) is 0 Å². The third-order valence-corrected chi connectivity index (χ3v) is 3.35. The summed E-state index contributed by atoms with van der Waals surface area (Å²) in [5.74, 6) is 0.232. The van der Waals surface area contributed by atoms with Gasteiger partial charge in [-0.3, -0.25) is 4.79 Å². The van der Waals surface area contributed by atoms with E-state index in [4.69, 9.17) is 5.73 Å². The molecule has 0 aliphatic rings. The number of hydrogen-bond donors (Lipinski definition) is 1. The summed E-state index contributed by atoms with van der Waals surface area (Å²) in [4.78, 5) is 12.1. The van der Waals surface area contributed by atoms with Gasteiger partial charge in [-0.25, -0.2) is 0 Å². The molecule has 0 spiro atoms. The van der Waals surface area contributed by atoms with Crippen LogP contribution < -0.4 is 5.73 Å². The van der Waals surface area contributed by atoms with E-state index in [1.165, 1.54) is 5.56 Å². The Morgan fingerprint density at radius 1 is 1.35 bits per heavy atom. The molecule has 1 rings (SSSR count). The Labute approximate surface area is 112 Å². The van der Waals surface area contributed by atoms with Crippen molar-refractivity contribution in [2.45, 2.75) is 39.7 Å². The van der Waals surface area contributed by atoms with Gasteiger partial charge < -0.3 is 5.73 Å². The van der Waals surface area contributed by atoms with Crippen LogP contribution in [0.2, 0.25) is 0 Å². The fourth-order valence-electron chi connectivity index (χ4n) is 1.78. The number of ketones is 1. The first kappa shape index (κ1) is 14.4. The lowest BCUT2D eigenvalue weighted by atomic mass is 9.79. The van der Waals surface area contributed by atoms with E-state index in [-0.39, 0.29) is 17.2 Å². The van der Waals surface area contributed by atoms with E-state index < -0.39 is 0 Å². The second-order valence-corrected chi connectivity index (χ2v) is 6.21. The van der Waals surface area contributed by atoms with Crippen LogP contribution in [0, 0.1) is 5.41 Å².